The van der Waals surface area contributed by atoms with Crippen LogP contribution in [0.15, 0.2) is 28.8 Å². The highest BCUT2D eigenvalue weighted by molar-refractivity contribution is 5.94. The van der Waals surface area contributed by atoms with Crippen molar-refractivity contribution in [2.75, 3.05) is 20.8 Å². The second-order valence-corrected chi connectivity index (χ2v) is 5.26. The zero-order valence-electron chi connectivity index (χ0n) is 13.8. The Morgan fingerprint density at radius 3 is 2.61 bits per heavy atom. The summed E-state index contributed by atoms with van der Waals surface area (Å²) in [6, 6.07) is 6.96. The van der Waals surface area contributed by atoms with Crippen molar-refractivity contribution in [3.8, 4) is 5.75 Å². The maximum absolute atomic E-state index is 12.4. The molecule has 7 nitrogen and oxygen atoms in total. The lowest BCUT2D eigenvalue weighted by Gasteiger charge is -2.24. The minimum atomic E-state index is -0.0603. The van der Waals surface area contributed by atoms with E-state index in [9.17, 15) is 4.79 Å². The smallest absolute Gasteiger partial charge is 0.253 e. The molecule has 124 valence electrons. The highest BCUT2D eigenvalue weighted by atomic mass is 16.5. The van der Waals surface area contributed by atoms with Crippen molar-refractivity contribution in [2.24, 2.45) is 0 Å². The van der Waals surface area contributed by atoms with E-state index in [0.29, 0.717) is 29.6 Å². The Bertz CT molecular complexity index is 639. The molecule has 2 rings (SSSR count). The van der Waals surface area contributed by atoms with Crippen LogP contribution in [0, 0.1) is 6.92 Å². The Labute approximate surface area is 135 Å². The van der Waals surface area contributed by atoms with Gasteiger partial charge in [-0.2, -0.15) is 4.98 Å². The van der Waals surface area contributed by atoms with Crippen LogP contribution in [0.2, 0.25) is 0 Å². The van der Waals surface area contributed by atoms with Gasteiger partial charge in [0.2, 0.25) is 11.7 Å². The molecule has 1 heterocycles. The average Bonchev–Trinajstić information content (AvgIpc) is 2.97. The van der Waals surface area contributed by atoms with Crippen molar-refractivity contribution < 1.29 is 18.8 Å². The number of methoxy groups -OCH3 is 1. The van der Waals surface area contributed by atoms with E-state index in [1.54, 1.807) is 50.2 Å². The summed E-state index contributed by atoms with van der Waals surface area (Å²) in [5.74, 6) is 1.56. The Kier molecular flexibility index (Phi) is 5.70. The van der Waals surface area contributed by atoms with Crippen LogP contribution in [0.5, 0.6) is 5.75 Å². The molecule has 1 unspecified atom stereocenters. The Morgan fingerprint density at radius 2 is 2.04 bits per heavy atom. The Morgan fingerprint density at radius 1 is 1.35 bits per heavy atom. The standard InChI is InChI=1S/C16H21N3O4/c1-11(9-21-4)19(3)16(20)13-5-7-14(8-6-13)22-10-15-17-12(2)23-18-15/h5-8,11H,9-10H2,1-4H3. The number of nitrogens with zero attached hydrogens (tertiary/aromatic N) is 3. The van der Waals surface area contributed by atoms with E-state index in [0.717, 1.165) is 0 Å². The molecule has 0 aliphatic carbocycles. The number of carbonyl (C=O) groups excluding carboxylic acids is 1. The van der Waals surface area contributed by atoms with Gasteiger partial charge in [0.15, 0.2) is 6.61 Å². The third-order valence-corrected chi connectivity index (χ3v) is 3.43. The summed E-state index contributed by atoms with van der Waals surface area (Å²) in [6.45, 7) is 4.37. The van der Waals surface area contributed by atoms with Crippen LogP contribution in [0.4, 0.5) is 0 Å². The summed E-state index contributed by atoms with van der Waals surface area (Å²) in [7, 11) is 3.38. The van der Waals surface area contributed by atoms with Crippen molar-refractivity contribution >= 4 is 5.91 Å². The average molecular weight is 319 g/mol. The van der Waals surface area contributed by atoms with Gasteiger partial charge in [-0.05, 0) is 31.2 Å². The normalized spacial score (nSPS) is 12.0. The summed E-state index contributed by atoms with van der Waals surface area (Å²) in [4.78, 5) is 18.1. The third-order valence-electron chi connectivity index (χ3n) is 3.43. The number of aryl methyl sites for hydroxylation is 1. The molecular weight excluding hydrogens is 298 g/mol. The number of aromatic nitrogens is 2. The number of ether oxygens (including phenoxy) is 2. The number of benzene rings is 1. The van der Waals surface area contributed by atoms with Crippen molar-refractivity contribution in [2.45, 2.75) is 26.5 Å². The van der Waals surface area contributed by atoms with E-state index in [1.165, 1.54) is 0 Å². The number of hydrogen-bond acceptors (Lipinski definition) is 6. The molecule has 0 bridgehead atoms. The van der Waals surface area contributed by atoms with E-state index >= 15 is 0 Å². The fourth-order valence-corrected chi connectivity index (χ4v) is 2.00. The molecule has 0 saturated carbocycles. The monoisotopic (exact) mass is 319 g/mol. The fourth-order valence-electron chi connectivity index (χ4n) is 2.00. The van der Waals surface area contributed by atoms with Crippen molar-refractivity contribution in [1.82, 2.24) is 15.0 Å². The number of rotatable bonds is 7. The fraction of sp³-hybridized carbons (Fsp3) is 0.438. The lowest BCUT2D eigenvalue weighted by atomic mass is 10.1. The van der Waals surface area contributed by atoms with Crippen LogP contribution >= 0.6 is 0 Å². The predicted molar refractivity (Wildman–Crippen MR) is 83.2 cm³/mol. The maximum atomic E-state index is 12.4. The second-order valence-electron chi connectivity index (χ2n) is 5.26. The first-order chi connectivity index (χ1) is 11.0. The Hall–Kier alpha value is -2.41. The molecule has 0 aliphatic rings. The van der Waals surface area contributed by atoms with E-state index in [2.05, 4.69) is 10.1 Å². The molecule has 1 aromatic carbocycles. The highest BCUT2D eigenvalue weighted by Crippen LogP contribution is 2.15. The van der Waals surface area contributed by atoms with Gasteiger partial charge in [-0.15, -0.1) is 0 Å². The predicted octanol–water partition coefficient (Wildman–Crippen LogP) is 2.06. The van der Waals surface area contributed by atoms with E-state index < -0.39 is 0 Å². The van der Waals surface area contributed by atoms with Gasteiger partial charge < -0.3 is 18.9 Å². The summed E-state index contributed by atoms with van der Waals surface area (Å²) in [6.07, 6.45) is 0. The first kappa shape index (κ1) is 17.0. The summed E-state index contributed by atoms with van der Waals surface area (Å²) in [5, 5.41) is 3.75. The molecule has 0 spiro atoms. The maximum Gasteiger partial charge on any atom is 0.253 e. The van der Waals surface area contributed by atoms with Crippen molar-refractivity contribution in [3.05, 3.63) is 41.5 Å². The molecule has 0 N–H and O–H groups in total. The number of carbonyl (C=O) groups is 1. The zero-order chi connectivity index (χ0) is 16.8. The topological polar surface area (TPSA) is 77.7 Å². The zero-order valence-corrected chi connectivity index (χ0v) is 13.8. The molecule has 2 aromatic rings. The van der Waals surface area contributed by atoms with Crippen LogP contribution in [0.25, 0.3) is 0 Å². The lowest BCUT2D eigenvalue weighted by Crippen LogP contribution is -2.37. The molecule has 1 aromatic heterocycles. The first-order valence-corrected chi connectivity index (χ1v) is 7.29. The van der Waals surface area contributed by atoms with Crippen LogP contribution in [0.1, 0.15) is 29.0 Å². The minimum absolute atomic E-state index is 0.00454. The summed E-state index contributed by atoms with van der Waals surface area (Å²) < 4.78 is 15.5. The van der Waals surface area contributed by atoms with E-state index in [1.807, 2.05) is 6.92 Å². The SMILES string of the molecule is COCC(C)N(C)C(=O)c1ccc(OCc2noc(C)n2)cc1. The molecule has 0 radical (unpaired) electrons. The number of amides is 1. The van der Waals surface area contributed by atoms with Gasteiger partial charge in [0.25, 0.3) is 5.91 Å². The first-order valence-electron chi connectivity index (χ1n) is 7.29. The van der Waals surface area contributed by atoms with Crippen LogP contribution in [-0.4, -0.2) is 47.8 Å². The van der Waals surface area contributed by atoms with Gasteiger partial charge in [0.1, 0.15) is 5.75 Å². The van der Waals surface area contributed by atoms with Gasteiger partial charge in [-0.25, -0.2) is 0 Å². The quantitative estimate of drug-likeness (QED) is 0.777. The Balaban J connectivity index is 1.94. The summed E-state index contributed by atoms with van der Waals surface area (Å²) in [5.41, 5.74) is 0.596. The number of likely N-dealkylation sites (N-methyl/N-ethyl adjacent to an activating group) is 1. The van der Waals surface area contributed by atoms with Crippen molar-refractivity contribution in [3.63, 3.8) is 0 Å². The molecule has 1 amide bonds. The molecule has 7 heteroatoms. The van der Waals surface area contributed by atoms with Gasteiger partial charge in [0.05, 0.1) is 12.6 Å². The third kappa shape index (κ3) is 4.53. The largest absolute Gasteiger partial charge is 0.485 e. The summed E-state index contributed by atoms with van der Waals surface area (Å²) >= 11 is 0. The van der Waals surface area contributed by atoms with Crippen LogP contribution < -0.4 is 4.74 Å². The molecule has 0 fully saturated rings. The second kappa shape index (κ2) is 7.73. The highest BCUT2D eigenvalue weighted by Gasteiger charge is 2.17. The van der Waals surface area contributed by atoms with Gasteiger partial charge in [-0.1, -0.05) is 5.16 Å². The minimum Gasteiger partial charge on any atom is -0.485 e. The molecule has 1 atom stereocenters. The van der Waals surface area contributed by atoms with Crippen molar-refractivity contribution in [1.29, 1.82) is 0 Å². The van der Waals surface area contributed by atoms with E-state index in [-0.39, 0.29) is 18.6 Å². The molecule has 23 heavy (non-hydrogen) atoms. The van der Waals surface area contributed by atoms with Crippen LogP contribution in [-0.2, 0) is 11.3 Å². The number of hydrogen-bond donors (Lipinski definition) is 0. The van der Waals surface area contributed by atoms with Crippen LogP contribution in [0.3, 0.4) is 0 Å². The van der Waals surface area contributed by atoms with E-state index in [4.69, 9.17) is 14.0 Å². The lowest BCUT2D eigenvalue weighted by molar-refractivity contribution is 0.0633. The van der Waals surface area contributed by atoms with Gasteiger partial charge >= 0.3 is 0 Å². The molecular formula is C16H21N3O4. The molecule has 0 aliphatic heterocycles. The molecule has 0 saturated heterocycles. The van der Waals surface area contributed by atoms with Gasteiger partial charge in [0, 0.05) is 26.6 Å². The van der Waals surface area contributed by atoms with Gasteiger partial charge in [-0.3, -0.25) is 4.79 Å².